The van der Waals surface area contributed by atoms with Gasteiger partial charge in [0.05, 0.1) is 6.04 Å². The van der Waals surface area contributed by atoms with E-state index in [2.05, 4.69) is 11.5 Å². The molecule has 1 unspecified atom stereocenters. The first-order chi connectivity index (χ1) is 8.20. The SMILES string of the molecule is Cc1cc(F)cc(C(NN)C2=CCCCC2)c1. The summed E-state index contributed by atoms with van der Waals surface area (Å²) < 4.78 is 13.4. The molecular formula is C14H19FN2. The predicted molar refractivity (Wildman–Crippen MR) is 67.8 cm³/mol. The molecule has 92 valence electrons. The van der Waals surface area contributed by atoms with Crippen LogP contribution in [-0.4, -0.2) is 0 Å². The first-order valence-electron chi connectivity index (χ1n) is 6.13. The van der Waals surface area contributed by atoms with E-state index in [0.29, 0.717) is 0 Å². The number of rotatable bonds is 3. The molecule has 3 heteroatoms. The number of hydrogen-bond donors (Lipinski definition) is 2. The molecule has 1 aromatic carbocycles. The summed E-state index contributed by atoms with van der Waals surface area (Å²) >= 11 is 0. The van der Waals surface area contributed by atoms with Crippen molar-refractivity contribution in [1.82, 2.24) is 5.43 Å². The molecule has 0 radical (unpaired) electrons. The monoisotopic (exact) mass is 234 g/mol. The van der Waals surface area contributed by atoms with Gasteiger partial charge in [-0.1, -0.05) is 17.7 Å². The standard InChI is InChI=1S/C14H19FN2/c1-10-7-12(9-13(15)8-10)14(17-16)11-5-3-2-4-6-11/h5,7-9,14,17H,2-4,6,16H2,1H3. The average molecular weight is 234 g/mol. The van der Waals surface area contributed by atoms with E-state index in [0.717, 1.165) is 24.0 Å². The van der Waals surface area contributed by atoms with Crippen molar-refractivity contribution >= 4 is 0 Å². The Morgan fingerprint density at radius 1 is 1.29 bits per heavy atom. The van der Waals surface area contributed by atoms with Crippen LogP contribution in [0.3, 0.4) is 0 Å². The summed E-state index contributed by atoms with van der Waals surface area (Å²) in [6.07, 6.45) is 6.81. The van der Waals surface area contributed by atoms with Crippen LogP contribution >= 0.6 is 0 Å². The van der Waals surface area contributed by atoms with Gasteiger partial charge in [-0.2, -0.15) is 0 Å². The Kier molecular flexibility index (Phi) is 3.92. The molecule has 1 aliphatic carbocycles. The van der Waals surface area contributed by atoms with Crippen LogP contribution in [0, 0.1) is 12.7 Å². The zero-order valence-electron chi connectivity index (χ0n) is 10.2. The first kappa shape index (κ1) is 12.3. The summed E-state index contributed by atoms with van der Waals surface area (Å²) in [5, 5.41) is 0. The van der Waals surface area contributed by atoms with Crippen molar-refractivity contribution in [2.75, 3.05) is 0 Å². The Morgan fingerprint density at radius 3 is 2.71 bits per heavy atom. The van der Waals surface area contributed by atoms with Crippen LogP contribution in [0.2, 0.25) is 0 Å². The molecule has 0 saturated carbocycles. The fraction of sp³-hybridized carbons (Fsp3) is 0.429. The number of benzene rings is 1. The predicted octanol–water partition coefficient (Wildman–Crippen LogP) is 3.14. The van der Waals surface area contributed by atoms with Crippen LogP contribution in [0.15, 0.2) is 29.8 Å². The summed E-state index contributed by atoms with van der Waals surface area (Å²) in [6, 6.07) is 5.03. The lowest BCUT2D eigenvalue weighted by Crippen LogP contribution is -2.30. The van der Waals surface area contributed by atoms with E-state index in [-0.39, 0.29) is 11.9 Å². The van der Waals surface area contributed by atoms with Crippen LogP contribution in [0.25, 0.3) is 0 Å². The molecule has 2 nitrogen and oxygen atoms in total. The van der Waals surface area contributed by atoms with Crippen molar-refractivity contribution in [2.45, 2.75) is 38.6 Å². The molecule has 17 heavy (non-hydrogen) atoms. The van der Waals surface area contributed by atoms with E-state index in [9.17, 15) is 4.39 Å². The topological polar surface area (TPSA) is 38.0 Å². The van der Waals surface area contributed by atoms with Crippen molar-refractivity contribution < 1.29 is 4.39 Å². The zero-order valence-corrected chi connectivity index (χ0v) is 10.2. The van der Waals surface area contributed by atoms with Gasteiger partial charge in [-0.25, -0.2) is 9.82 Å². The van der Waals surface area contributed by atoms with Gasteiger partial charge in [-0.05, 0) is 55.9 Å². The van der Waals surface area contributed by atoms with E-state index >= 15 is 0 Å². The Balaban J connectivity index is 2.31. The van der Waals surface area contributed by atoms with Gasteiger partial charge in [0.2, 0.25) is 0 Å². The van der Waals surface area contributed by atoms with Gasteiger partial charge >= 0.3 is 0 Å². The minimum Gasteiger partial charge on any atom is -0.271 e. The number of hydrazine groups is 1. The number of nitrogens with one attached hydrogen (secondary N) is 1. The van der Waals surface area contributed by atoms with Gasteiger partial charge in [0.1, 0.15) is 5.82 Å². The van der Waals surface area contributed by atoms with E-state index in [1.807, 2.05) is 13.0 Å². The van der Waals surface area contributed by atoms with E-state index < -0.39 is 0 Å². The maximum Gasteiger partial charge on any atom is 0.123 e. The summed E-state index contributed by atoms with van der Waals surface area (Å²) in [7, 11) is 0. The number of allylic oxidation sites excluding steroid dienone is 1. The molecule has 2 rings (SSSR count). The molecule has 1 aliphatic rings. The van der Waals surface area contributed by atoms with Crippen molar-refractivity contribution in [2.24, 2.45) is 5.84 Å². The van der Waals surface area contributed by atoms with Crippen LogP contribution in [0.4, 0.5) is 4.39 Å². The number of halogens is 1. The molecule has 1 atom stereocenters. The second-order valence-electron chi connectivity index (χ2n) is 4.69. The van der Waals surface area contributed by atoms with E-state index in [1.165, 1.54) is 24.5 Å². The van der Waals surface area contributed by atoms with Crippen LogP contribution in [0.5, 0.6) is 0 Å². The molecular weight excluding hydrogens is 215 g/mol. The minimum absolute atomic E-state index is 0.0512. The molecule has 1 aromatic rings. The summed E-state index contributed by atoms with van der Waals surface area (Å²) in [4.78, 5) is 0. The Hall–Kier alpha value is -1.19. The minimum atomic E-state index is -0.198. The van der Waals surface area contributed by atoms with Gasteiger partial charge < -0.3 is 0 Å². The second-order valence-corrected chi connectivity index (χ2v) is 4.69. The van der Waals surface area contributed by atoms with Crippen molar-refractivity contribution in [1.29, 1.82) is 0 Å². The van der Waals surface area contributed by atoms with E-state index in [4.69, 9.17) is 5.84 Å². The maximum atomic E-state index is 13.4. The van der Waals surface area contributed by atoms with Crippen molar-refractivity contribution in [3.8, 4) is 0 Å². The average Bonchev–Trinajstić information content (AvgIpc) is 2.30. The quantitative estimate of drug-likeness (QED) is 0.479. The Bertz CT molecular complexity index is 406. The molecule has 0 aromatic heterocycles. The highest BCUT2D eigenvalue weighted by Gasteiger charge is 2.17. The molecule has 3 N–H and O–H groups in total. The summed E-state index contributed by atoms with van der Waals surface area (Å²) in [5.41, 5.74) is 5.93. The Labute approximate surface area is 102 Å². The summed E-state index contributed by atoms with van der Waals surface area (Å²) in [5.74, 6) is 5.42. The van der Waals surface area contributed by atoms with E-state index in [1.54, 1.807) is 6.07 Å². The third kappa shape index (κ3) is 2.93. The third-order valence-corrected chi connectivity index (χ3v) is 3.26. The van der Waals surface area contributed by atoms with Crippen LogP contribution in [0.1, 0.15) is 42.9 Å². The molecule has 0 amide bonds. The fourth-order valence-corrected chi connectivity index (χ4v) is 2.47. The van der Waals surface area contributed by atoms with Gasteiger partial charge in [0.25, 0.3) is 0 Å². The van der Waals surface area contributed by atoms with Gasteiger partial charge in [0, 0.05) is 0 Å². The molecule has 0 saturated heterocycles. The summed E-state index contributed by atoms with van der Waals surface area (Å²) in [6.45, 7) is 1.90. The lowest BCUT2D eigenvalue weighted by atomic mass is 9.89. The van der Waals surface area contributed by atoms with Gasteiger partial charge in [-0.15, -0.1) is 0 Å². The normalized spacial score (nSPS) is 17.7. The van der Waals surface area contributed by atoms with Gasteiger partial charge in [0.15, 0.2) is 0 Å². The maximum absolute atomic E-state index is 13.4. The molecule has 0 aliphatic heterocycles. The van der Waals surface area contributed by atoms with Gasteiger partial charge in [-0.3, -0.25) is 5.84 Å². The van der Waals surface area contributed by atoms with Crippen molar-refractivity contribution in [3.05, 3.63) is 46.8 Å². The second kappa shape index (κ2) is 5.43. The highest BCUT2D eigenvalue weighted by Crippen LogP contribution is 2.30. The van der Waals surface area contributed by atoms with Crippen LogP contribution < -0.4 is 11.3 Å². The molecule has 0 bridgehead atoms. The lowest BCUT2D eigenvalue weighted by Gasteiger charge is -2.23. The molecule has 0 fully saturated rings. The Morgan fingerprint density at radius 2 is 2.12 bits per heavy atom. The molecule has 0 heterocycles. The first-order valence-corrected chi connectivity index (χ1v) is 6.13. The number of nitrogens with two attached hydrogens (primary N) is 1. The third-order valence-electron chi connectivity index (χ3n) is 3.26. The zero-order chi connectivity index (χ0) is 12.3. The van der Waals surface area contributed by atoms with Crippen molar-refractivity contribution in [3.63, 3.8) is 0 Å². The smallest absolute Gasteiger partial charge is 0.123 e. The lowest BCUT2D eigenvalue weighted by molar-refractivity contribution is 0.558. The highest BCUT2D eigenvalue weighted by molar-refractivity contribution is 5.32. The fourth-order valence-electron chi connectivity index (χ4n) is 2.47. The van der Waals surface area contributed by atoms with Crippen LogP contribution in [-0.2, 0) is 0 Å². The largest absolute Gasteiger partial charge is 0.271 e. The molecule has 0 spiro atoms. The number of aryl methyl sites for hydroxylation is 1. The number of hydrogen-bond acceptors (Lipinski definition) is 2. The highest BCUT2D eigenvalue weighted by atomic mass is 19.1.